The van der Waals surface area contributed by atoms with Crippen molar-refractivity contribution in [1.29, 1.82) is 0 Å². The zero-order valence-electron chi connectivity index (χ0n) is 12.6. The molecular formula is C16H13F3N4S. The number of hydrogen-bond acceptors (Lipinski definition) is 5. The molecule has 3 aromatic rings. The van der Waals surface area contributed by atoms with Crippen molar-refractivity contribution in [2.45, 2.75) is 13.1 Å². The first-order valence-corrected chi connectivity index (χ1v) is 7.79. The van der Waals surface area contributed by atoms with E-state index >= 15 is 0 Å². The third-order valence-corrected chi connectivity index (χ3v) is 4.28. The van der Waals surface area contributed by atoms with E-state index < -0.39 is 11.7 Å². The van der Waals surface area contributed by atoms with Gasteiger partial charge < -0.3 is 11.1 Å². The number of nitrogens with zero attached hydrogens (tertiary/aromatic N) is 2. The summed E-state index contributed by atoms with van der Waals surface area (Å²) in [7, 11) is 0. The summed E-state index contributed by atoms with van der Waals surface area (Å²) in [6.45, 7) is 1.93. The first kappa shape index (κ1) is 16.3. The number of nitrogens with one attached hydrogen (secondary N) is 1. The van der Waals surface area contributed by atoms with Crippen LogP contribution in [0, 0.1) is 6.92 Å². The van der Waals surface area contributed by atoms with Gasteiger partial charge in [0.1, 0.15) is 5.01 Å². The zero-order valence-corrected chi connectivity index (χ0v) is 13.4. The van der Waals surface area contributed by atoms with Gasteiger partial charge in [0, 0.05) is 16.9 Å². The lowest BCUT2D eigenvalue weighted by Gasteiger charge is -2.07. The van der Waals surface area contributed by atoms with E-state index in [0.717, 1.165) is 23.4 Å². The van der Waals surface area contributed by atoms with Gasteiger partial charge in [-0.3, -0.25) is 0 Å². The monoisotopic (exact) mass is 350 g/mol. The standard InChI is InChI=1S/C16H13F3N4S/c1-9-2-7-12(20)8-13(9)21-15-23-22-14(24-15)10-3-5-11(6-4-10)16(17,18)19/h2-8H,20H2,1H3,(H,21,23). The number of nitrogen functional groups attached to an aromatic ring is 1. The van der Waals surface area contributed by atoms with Crippen molar-refractivity contribution in [2.75, 3.05) is 11.1 Å². The second-order valence-electron chi connectivity index (χ2n) is 5.19. The highest BCUT2D eigenvalue weighted by atomic mass is 32.1. The summed E-state index contributed by atoms with van der Waals surface area (Å²) in [5, 5.41) is 12.2. The maximum atomic E-state index is 12.6. The van der Waals surface area contributed by atoms with Gasteiger partial charge in [0.05, 0.1) is 5.56 Å². The maximum absolute atomic E-state index is 12.6. The Morgan fingerprint density at radius 3 is 2.42 bits per heavy atom. The van der Waals surface area contributed by atoms with Gasteiger partial charge in [-0.2, -0.15) is 13.2 Å². The third kappa shape index (κ3) is 3.48. The summed E-state index contributed by atoms with van der Waals surface area (Å²) in [6.07, 6.45) is -4.35. The van der Waals surface area contributed by atoms with E-state index in [0.29, 0.717) is 21.4 Å². The molecule has 0 bridgehead atoms. The van der Waals surface area contributed by atoms with E-state index in [1.807, 2.05) is 13.0 Å². The Labute approximate surface area is 140 Å². The van der Waals surface area contributed by atoms with Crippen LogP contribution in [0.4, 0.5) is 29.7 Å². The number of anilines is 3. The maximum Gasteiger partial charge on any atom is 0.416 e. The highest BCUT2D eigenvalue weighted by molar-refractivity contribution is 7.18. The van der Waals surface area contributed by atoms with E-state index in [4.69, 9.17) is 5.73 Å². The van der Waals surface area contributed by atoms with Crippen LogP contribution in [0.25, 0.3) is 10.6 Å². The van der Waals surface area contributed by atoms with Gasteiger partial charge >= 0.3 is 6.18 Å². The van der Waals surface area contributed by atoms with Crippen LogP contribution < -0.4 is 11.1 Å². The molecule has 0 saturated heterocycles. The molecule has 0 fully saturated rings. The number of rotatable bonds is 3. The number of nitrogens with two attached hydrogens (primary N) is 1. The van der Waals surface area contributed by atoms with Crippen molar-refractivity contribution in [1.82, 2.24) is 10.2 Å². The van der Waals surface area contributed by atoms with Gasteiger partial charge in [-0.1, -0.05) is 29.5 Å². The largest absolute Gasteiger partial charge is 0.416 e. The van der Waals surface area contributed by atoms with Crippen molar-refractivity contribution >= 4 is 27.8 Å². The SMILES string of the molecule is Cc1ccc(N)cc1Nc1nnc(-c2ccc(C(F)(F)F)cc2)s1. The minimum Gasteiger partial charge on any atom is -0.399 e. The van der Waals surface area contributed by atoms with Crippen LogP contribution in [0.15, 0.2) is 42.5 Å². The first-order valence-electron chi connectivity index (χ1n) is 6.97. The first-order chi connectivity index (χ1) is 11.3. The predicted molar refractivity (Wildman–Crippen MR) is 89.2 cm³/mol. The van der Waals surface area contributed by atoms with Crippen LogP contribution >= 0.6 is 11.3 Å². The number of aryl methyl sites for hydroxylation is 1. The van der Waals surface area contributed by atoms with Crippen LogP contribution in [0.1, 0.15) is 11.1 Å². The van der Waals surface area contributed by atoms with Gasteiger partial charge in [0.2, 0.25) is 5.13 Å². The summed E-state index contributed by atoms with van der Waals surface area (Å²) in [4.78, 5) is 0. The number of benzene rings is 2. The lowest BCUT2D eigenvalue weighted by atomic mass is 10.1. The molecule has 1 heterocycles. The quantitative estimate of drug-likeness (QED) is 0.662. The van der Waals surface area contributed by atoms with Crippen molar-refractivity contribution in [2.24, 2.45) is 0 Å². The number of alkyl halides is 3. The Bertz CT molecular complexity index is 857. The van der Waals surface area contributed by atoms with Crippen molar-refractivity contribution in [3.63, 3.8) is 0 Å². The van der Waals surface area contributed by atoms with Crippen LogP contribution in [-0.4, -0.2) is 10.2 Å². The minimum absolute atomic E-state index is 0.535. The molecule has 0 aliphatic rings. The molecule has 124 valence electrons. The van der Waals surface area contributed by atoms with Gasteiger partial charge in [-0.15, -0.1) is 10.2 Å². The third-order valence-electron chi connectivity index (χ3n) is 3.39. The second-order valence-corrected chi connectivity index (χ2v) is 6.16. The molecule has 0 unspecified atom stereocenters. The predicted octanol–water partition coefficient (Wildman–Crippen LogP) is 4.86. The van der Waals surface area contributed by atoms with Crippen molar-refractivity contribution in [3.05, 3.63) is 53.6 Å². The van der Waals surface area contributed by atoms with Crippen LogP contribution in [0.2, 0.25) is 0 Å². The summed E-state index contributed by atoms with van der Waals surface area (Å²) < 4.78 is 37.8. The molecule has 0 aliphatic heterocycles. The van der Waals surface area contributed by atoms with E-state index in [1.165, 1.54) is 23.5 Å². The van der Waals surface area contributed by atoms with Crippen molar-refractivity contribution in [3.8, 4) is 10.6 Å². The summed E-state index contributed by atoms with van der Waals surface area (Å²) >= 11 is 1.25. The average Bonchev–Trinajstić information content (AvgIpc) is 2.99. The lowest BCUT2D eigenvalue weighted by Crippen LogP contribution is -2.03. The molecule has 24 heavy (non-hydrogen) atoms. The highest BCUT2D eigenvalue weighted by Crippen LogP contribution is 2.33. The molecule has 0 saturated carbocycles. The Morgan fingerprint density at radius 2 is 1.75 bits per heavy atom. The minimum atomic E-state index is -4.35. The number of aromatic nitrogens is 2. The fraction of sp³-hybridized carbons (Fsp3) is 0.125. The molecule has 1 aromatic heterocycles. The molecule has 0 spiro atoms. The number of halogens is 3. The van der Waals surface area contributed by atoms with Gasteiger partial charge in [-0.25, -0.2) is 0 Å². The highest BCUT2D eigenvalue weighted by Gasteiger charge is 2.30. The van der Waals surface area contributed by atoms with Gasteiger partial charge in [-0.05, 0) is 36.8 Å². The Morgan fingerprint density at radius 1 is 1.04 bits per heavy atom. The molecule has 0 amide bonds. The molecule has 3 N–H and O–H groups in total. The second kappa shape index (κ2) is 6.12. The zero-order chi connectivity index (χ0) is 17.3. The van der Waals surface area contributed by atoms with E-state index in [1.54, 1.807) is 12.1 Å². The van der Waals surface area contributed by atoms with Crippen LogP contribution in [-0.2, 0) is 6.18 Å². The fourth-order valence-electron chi connectivity index (χ4n) is 2.08. The summed E-state index contributed by atoms with van der Waals surface area (Å²) in [6, 6.07) is 10.3. The Balaban J connectivity index is 1.82. The van der Waals surface area contributed by atoms with E-state index in [9.17, 15) is 13.2 Å². The summed E-state index contributed by atoms with van der Waals surface area (Å²) in [5.74, 6) is 0. The Hall–Kier alpha value is -2.61. The lowest BCUT2D eigenvalue weighted by molar-refractivity contribution is -0.137. The molecule has 4 nitrogen and oxygen atoms in total. The topological polar surface area (TPSA) is 63.8 Å². The average molecular weight is 350 g/mol. The van der Waals surface area contributed by atoms with Crippen LogP contribution in [0.5, 0.6) is 0 Å². The molecule has 3 rings (SSSR count). The van der Waals surface area contributed by atoms with Crippen molar-refractivity contribution < 1.29 is 13.2 Å². The van der Waals surface area contributed by atoms with Gasteiger partial charge in [0.15, 0.2) is 0 Å². The molecule has 0 radical (unpaired) electrons. The van der Waals surface area contributed by atoms with Gasteiger partial charge in [0.25, 0.3) is 0 Å². The smallest absolute Gasteiger partial charge is 0.399 e. The molecule has 8 heteroatoms. The normalized spacial score (nSPS) is 11.5. The molecule has 0 atom stereocenters. The van der Waals surface area contributed by atoms with E-state index in [2.05, 4.69) is 15.5 Å². The Kier molecular flexibility index (Phi) is 4.15. The fourth-order valence-corrected chi connectivity index (χ4v) is 2.84. The van der Waals surface area contributed by atoms with Crippen LogP contribution in [0.3, 0.4) is 0 Å². The summed E-state index contributed by atoms with van der Waals surface area (Å²) in [5.41, 5.74) is 8.08. The van der Waals surface area contributed by atoms with E-state index in [-0.39, 0.29) is 0 Å². The molecule has 2 aromatic carbocycles. The number of hydrogen-bond donors (Lipinski definition) is 2. The molecule has 0 aliphatic carbocycles. The molecular weight excluding hydrogens is 337 g/mol.